The van der Waals surface area contributed by atoms with Gasteiger partial charge in [0.05, 0.1) is 17.6 Å². The van der Waals surface area contributed by atoms with Gasteiger partial charge < -0.3 is 19.7 Å². The Labute approximate surface area is 137 Å². The van der Waals surface area contributed by atoms with Crippen molar-refractivity contribution in [3.8, 4) is 5.88 Å². The highest BCUT2D eigenvalue weighted by atomic mass is 35.5. The van der Waals surface area contributed by atoms with Crippen LogP contribution in [-0.4, -0.2) is 27.7 Å². The summed E-state index contributed by atoms with van der Waals surface area (Å²) in [4.78, 5) is 15.6. The maximum Gasteiger partial charge on any atom is 0.352 e. The quantitative estimate of drug-likeness (QED) is 0.762. The zero-order valence-corrected chi connectivity index (χ0v) is 13.3. The number of anilines is 2. The van der Waals surface area contributed by atoms with Crippen molar-refractivity contribution in [2.75, 3.05) is 12.4 Å². The highest BCUT2D eigenvalue weighted by Gasteiger charge is 2.17. The second kappa shape index (κ2) is 5.81. The number of aromatic nitrogens is 2. The van der Waals surface area contributed by atoms with Gasteiger partial charge >= 0.3 is 5.97 Å². The Morgan fingerprint density at radius 2 is 2.13 bits per heavy atom. The lowest BCUT2D eigenvalue weighted by Crippen LogP contribution is -2.03. The van der Waals surface area contributed by atoms with Gasteiger partial charge in [-0.15, -0.1) is 0 Å². The van der Waals surface area contributed by atoms with Crippen molar-refractivity contribution in [2.24, 2.45) is 7.05 Å². The van der Waals surface area contributed by atoms with Gasteiger partial charge in [-0.3, -0.25) is 0 Å². The summed E-state index contributed by atoms with van der Waals surface area (Å²) in [5, 5.41) is 13.7. The Hall–Kier alpha value is -2.73. The van der Waals surface area contributed by atoms with Gasteiger partial charge in [-0.1, -0.05) is 17.7 Å². The van der Waals surface area contributed by atoms with Crippen molar-refractivity contribution in [3.63, 3.8) is 0 Å². The summed E-state index contributed by atoms with van der Waals surface area (Å²) < 4.78 is 6.66. The zero-order chi connectivity index (χ0) is 16.6. The number of nitrogens with zero attached hydrogens (tertiary/aromatic N) is 2. The van der Waals surface area contributed by atoms with E-state index < -0.39 is 5.97 Å². The van der Waals surface area contributed by atoms with E-state index in [1.54, 1.807) is 49.1 Å². The number of methoxy groups -OCH3 is 1. The van der Waals surface area contributed by atoms with Crippen LogP contribution in [0.15, 0.2) is 36.4 Å². The van der Waals surface area contributed by atoms with Crippen LogP contribution in [0.25, 0.3) is 10.9 Å². The van der Waals surface area contributed by atoms with E-state index in [0.29, 0.717) is 33.3 Å². The number of carboxylic acids is 1. The van der Waals surface area contributed by atoms with Crippen LogP contribution in [0.3, 0.4) is 0 Å². The number of benzene rings is 1. The highest BCUT2D eigenvalue weighted by molar-refractivity contribution is 6.36. The molecular weight excluding hydrogens is 318 g/mol. The molecule has 0 bridgehead atoms. The fraction of sp³-hybridized carbons (Fsp3) is 0.125. The molecule has 6 nitrogen and oxygen atoms in total. The molecule has 0 saturated carbocycles. The van der Waals surface area contributed by atoms with Crippen LogP contribution < -0.4 is 10.1 Å². The second-order valence-electron chi connectivity index (χ2n) is 4.94. The molecule has 23 heavy (non-hydrogen) atoms. The van der Waals surface area contributed by atoms with Gasteiger partial charge in [-0.05, 0) is 24.3 Å². The van der Waals surface area contributed by atoms with Crippen LogP contribution in [-0.2, 0) is 7.05 Å². The first-order chi connectivity index (χ1) is 11.0. The summed E-state index contributed by atoms with van der Waals surface area (Å²) >= 11 is 6.23. The van der Waals surface area contributed by atoms with Crippen molar-refractivity contribution < 1.29 is 14.6 Å². The van der Waals surface area contributed by atoms with E-state index in [4.69, 9.17) is 16.3 Å². The van der Waals surface area contributed by atoms with Crippen LogP contribution in [0.1, 0.15) is 10.5 Å². The maximum atomic E-state index is 11.3. The van der Waals surface area contributed by atoms with Crippen molar-refractivity contribution in [1.82, 2.24) is 9.55 Å². The lowest BCUT2D eigenvalue weighted by molar-refractivity contribution is 0.0687. The number of fused-ring (bicyclic) bond motifs is 1. The predicted molar refractivity (Wildman–Crippen MR) is 89.0 cm³/mol. The number of hydrogen-bond acceptors (Lipinski definition) is 4. The van der Waals surface area contributed by atoms with E-state index >= 15 is 0 Å². The molecule has 0 aliphatic heterocycles. The summed E-state index contributed by atoms with van der Waals surface area (Å²) in [6.07, 6.45) is 0. The first kappa shape index (κ1) is 15.2. The minimum absolute atomic E-state index is 0.162. The number of pyridine rings is 1. The highest BCUT2D eigenvalue weighted by Crippen LogP contribution is 2.33. The zero-order valence-electron chi connectivity index (χ0n) is 12.5. The van der Waals surface area contributed by atoms with Crippen LogP contribution in [0.4, 0.5) is 11.5 Å². The molecular formula is C16H14ClN3O3. The van der Waals surface area contributed by atoms with Crippen LogP contribution >= 0.6 is 11.6 Å². The standard InChI is InChI=1S/C16H14ClN3O3/c1-20-12(16(21)22)8-9-11(7-6-10(17)15(9)20)18-13-4-3-5-14(19-13)23-2/h3-8H,1-2H3,(H,18,19)(H,21,22). The van der Waals surface area contributed by atoms with Crippen molar-refractivity contribution in [1.29, 1.82) is 0 Å². The number of aromatic carboxylic acids is 1. The summed E-state index contributed by atoms with van der Waals surface area (Å²) in [6, 6.07) is 10.5. The first-order valence-corrected chi connectivity index (χ1v) is 7.18. The molecule has 1 aromatic carbocycles. The van der Waals surface area contributed by atoms with Gasteiger partial charge in [0.15, 0.2) is 0 Å². The lowest BCUT2D eigenvalue weighted by atomic mass is 10.2. The van der Waals surface area contributed by atoms with Gasteiger partial charge in [0, 0.05) is 24.2 Å². The monoisotopic (exact) mass is 331 g/mol. The van der Waals surface area contributed by atoms with Crippen LogP contribution in [0.5, 0.6) is 5.88 Å². The number of nitrogens with one attached hydrogen (secondary N) is 1. The first-order valence-electron chi connectivity index (χ1n) is 6.80. The Kier molecular flexibility index (Phi) is 3.83. The Morgan fingerprint density at radius 3 is 2.83 bits per heavy atom. The molecule has 118 valence electrons. The van der Waals surface area contributed by atoms with E-state index in [0.717, 1.165) is 0 Å². The van der Waals surface area contributed by atoms with E-state index in [-0.39, 0.29) is 5.69 Å². The van der Waals surface area contributed by atoms with Crippen LogP contribution in [0, 0.1) is 0 Å². The van der Waals surface area contributed by atoms with Crippen molar-refractivity contribution >= 4 is 40.0 Å². The van der Waals surface area contributed by atoms with Crippen LogP contribution in [0.2, 0.25) is 5.02 Å². The molecule has 0 atom stereocenters. The number of hydrogen-bond donors (Lipinski definition) is 2. The minimum Gasteiger partial charge on any atom is -0.481 e. The third-order valence-corrected chi connectivity index (χ3v) is 3.87. The number of rotatable bonds is 4. The smallest absolute Gasteiger partial charge is 0.352 e. The predicted octanol–water partition coefficient (Wildman–Crippen LogP) is 3.68. The Bertz CT molecular complexity index is 905. The average Bonchev–Trinajstić information content (AvgIpc) is 2.89. The number of halogens is 1. The van der Waals surface area contributed by atoms with Crippen molar-refractivity contribution in [2.45, 2.75) is 0 Å². The number of carboxylic acid groups (broad SMARTS) is 1. The SMILES string of the molecule is COc1cccc(Nc2ccc(Cl)c3c2cc(C(=O)O)n3C)n1. The molecule has 2 aromatic heterocycles. The molecule has 7 heteroatoms. The molecule has 0 spiro atoms. The minimum atomic E-state index is -1.01. The lowest BCUT2D eigenvalue weighted by Gasteiger charge is -2.09. The fourth-order valence-electron chi connectivity index (χ4n) is 2.47. The second-order valence-corrected chi connectivity index (χ2v) is 5.35. The molecule has 0 amide bonds. The average molecular weight is 332 g/mol. The van der Waals surface area contributed by atoms with Gasteiger partial charge in [0.1, 0.15) is 11.5 Å². The molecule has 0 radical (unpaired) electrons. The number of aryl methyl sites for hydroxylation is 1. The van der Waals surface area contributed by atoms with E-state index in [1.807, 2.05) is 6.07 Å². The molecule has 0 unspecified atom stereocenters. The topological polar surface area (TPSA) is 76.4 Å². The van der Waals surface area contributed by atoms with Gasteiger partial charge in [0.2, 0.25) is 5.88 Å². The fourth-order valence-corrected chi connectivity index (χ4v) is 2.76. The molecule has 2 heterocycles. The van der Waals surface area contributed by atoms with E-state index in [2.05, 4.69) is 10.3 Å². The normalized spacial score (nSPS) is 10.7. The molecule has 3 rings (SSSR count). The Morgan fingerprint density at radius 1 is 1.35 bits per heavy atom. The summed E-state index contributed by atoms with van der Waals surface area (Å²) in [5.74, 6) is 0.0680. The summed E-state index contributed by atoms with van der Waals surface area (Å²) in [6.45, 7) is 0. The largest absolute Gasteiger partial charge is 0.481 e. The Balaban J connectivity index is 2.12. The van der Waals surface area contributed by atoms with Gasteiger partial charge in [0.25, 0.3) is 0 Å². The van der Waals surface area contributed by atoms with E-state index in [9.17, 15) is 9.90 Å². The number of ether oxygens (including phenoxy) is 1. The molecule has 0 aliphatic rings. The molecule has 2 N–H and O–H groups in total. The summed E-state index contributed by atoms with van der Waals surface area (Å²) in [7, 11) is 3.22. The van der Waals surface area contributed by atoms with Gasteiger partial charge in [-0.25, -0.2) is 4.79 Å². The number of carbonyl (C=O) groups is 1. The molecule has 0 saturated heterocycles. The molecule has 3 aromatic rings. The van der Waals surface area contributed by atoms with Crippen molar-refractivity contribution in [3.05, 3.63) is 47.1 Å². The summed E-state index contributed by atoms with van der Waals surface area (Å²) in [5.41, 5.74) is 1.53. The molecule has 0 aliphatic carbocycles. The third-order valence-electron chi connectivity index (χ3n) is 3.56. The molecule has 0 fully saturated rings. The van der Waals surface area contributed by atoms with Gasteiger partial charge in [-0.2, -0.15) is 4.98 Å². The maximum absolute atomic E-state index is 11.3. The van der Waals surface area contributed by atoms with E-state index in [1.165, 1.54) is 0 Å². The third kappa shape index (κ3) is 2.68.